The Hall–Kier alpha value is -0.320. The fourth-order valence-corrected chi connectivity index (χ4v) is 1.64. The Morgan fingerprint density at radius 2 is 2.14 bits per heavy atom. The quantitative estimate of drug-likeness (QED) is 0.632. The van der Waals surface area contributed by atoms with Crippen LogP contribution in [0.2, 0.25) is 0 Å². The maximum absolute atomic E-state index is 5.47. The lowest BCUT2D eigenvalue weighted by molar-refractivity contribution is 0.369. The van der Waals surface area contributed by atoms with E-state index in [1.807, 2.05) is 12.1 Å². The van der Waals surface area contributed by atoms with Crippen molar-refractivity contribution >= 4 is 15.9 Å². The van der Waals surface area contributed by atoms with Crippen molar-refractivity contribution in [3.05, 3.63) is 22.6 Å². The van der Waals surface area contributed by atoms with E-state index >= 15 is 0 Å². The molecule has 80 valence electrons. The van der Waals surface area contributed by atoms with E-state index in [1.54, 1.807) is 0 Å². The minimum atomic E-state index is 0.115. The second-order valence-corrected chi connectivity index (χ2v) is 4.61. The molecular weight excluding hydrogens is 244 g/mol. The Morgan fingerprint density at radius 3 is 2.57 bits per heavy atom. The molecule has 1 aromatic heterocycles. The summed E-state index contributed by atoms with van der Waals surface area (Å²) < 4.78 is 6.19. The van der Waals surface area contributed by atoms with Crippen LogP contribution in [0.1, 0.15) is 38.5 Å². The Balaban J connectivity index is 2.54. The molecule has 0 saturated carbocycles. The van der Waals surface area contributed by atoms with Crippen LogP contribution in [-0.2, 0) is 0 Å². The Labute approximate surface area is 93.1 Å². The van der Waals surface area contributed by atoms with Gasteiger partial charge in [0.15, 0.2) is 4.67 Å². The van der Waals surface area contributed by atoms with Crippen LogP contribution in [0.3, 0.4) is 0 Å². The lowest BCUT2D eigenvalue weighted by Crippen LogP contribution is -2.27. The molecule has 1 unspecified atom stereocenters. The molecule has 0 aliphatic rings. The van der Waals surface area contributed by atoms with Gasteiger partial charge in [-0.3, -0.25) is 5.84 Å². The number of nitrogens with one attached hydrogen (secondary N) is 1. The lowest BCUT2D eigenvalue weighted by atomic mass is 10.0. The summed E-state index contributed by atoms with van der Waals surface area (Å²) in [5.41, 5.74) is 2.77. The highest BCUT2D eigenvalue weighted by Crippen LogP contribution is 2.24. The summed E-state index contributed by atoms with van der Waals surface area (Å²) in [4.78, 5) is 0. The summed E-state index contributed by atoms with van der Waals surface area (Å²) in [5.74, 6) is 7.05. The van der Waals surface area contributed by atoms with Gasteiger partial charge in [0.1, 0.15) is 5.76 Å². The first-order valence-electron chi connectivity index (χ1n) is 4.85. The summed E-state index contributed by atoms with van der Waals surface area (Å²) in [6, 6.07) is 3.94. The van der Waals surface area contributed by atoms with Crippen LogP contribution in [0, 0.1) is 5.92 Å². The molecule has 1 heterocycles. The van der Waals surface area contributed by atoms with E-state index in [0.29, 0.717) is 5.92 Å². The molecule has 0 saturated heterocycles. The molecule has 0 radical (unpaired) electrons. The first kappa shape index (κ1) is 11.8. The van der Waals surface area contributed by atoms with E-state index in [4.69, 9.17) is 10.3 Å². The van der Waals surface area contributed by atoms with Gasteiger partial charge >= 0.3 is 0 Å². The first-order chi connectivity index (χ1) is 6.63. The molecule has 3 nitrogen and oxygen atoms in total. The van der Waals surface area contributed by atoms with Gasteiger partial charge in [0.2, 0.25) is 0 Å². The van der Waals surface area contributed by atoms with Crippen LogP contribution in [0.25, 0.3) is 0 Å². The van der Waals surface area contributed by atoms with Crippen LogP contribution < -0.4 is 11.3 Å². The maximum atomic E-state index is 5.47. The highest BCUT2D eigenvalue weighted by molar-refractivity contribution is 9.10. The minimum Gasteiger partial charge on any atom is -0.453 e. The van der Waals surface area contributed by atoms with Crippen molar-refractivity contribution in [3.63, 3.8) is 0 Å². The molecule has 0 amide bonds. The van der Waals surface area contributed by atoms with Crippen molar-refractivity contribution in [2.24, 2.45) is 11.8 Å². The summed E-state index contributed by atoms with van der Waals surface area (Å²) in [6.45, 7) is 4.40. The largest absolute Gasteiger partial charge is 0.453 e. The number of hydrazine groups is 1. The monoisotopic (exact) mass is 260 g/mol. The average molecular weight is 261 g/mol. The van der Waals surface area contributed by atoms with E-state index in [2.05, 4.69) is 35.2 Å². The second kappa shape index (κ2) is 5.53. The zero-order chi connectivity index (χ0) is 10.6. The predicted octanol–water partition coefficient (Wildman–Crippen LogP) is 2.98. The first-order valence-corrected chi connectivity index (χ1v) is 5.64. The number of hydrogen-bond acceptors (Lipinski definition) is 3. The number of halogens is 1. The van der Waals surface area contributed by atoms with Gasteiger partial charge in [0.05, 0.1) is 6.04 Å². The van der Waals surface area contributed by atoms with Gasteiger partial charge in [-0.05, 0) is 46.8 Å². The summed E-state index contributed by atoms with van der Waals surface area (Å²) >= 11 is 3.27. The lowest BCUT2D eigenvalue weighted by Gasteiger charge is -2.14. The van der Waals surface area contributed by atoms with Crippen molar-refractivity contribution in [3.8, 4) is 0 Å². The normalized spacial score (nSPS) is 13.5. The smallest absolute Gasteiger partial charge is 0.169 e. The predicted molar refractivity (Wildman–Crippen MR) is 60.5 cm³/mol. The molecule has 0 fully saturated rings. The number of hydrogen-bond donors (Lipinski definition) is 2. The van der Waals surface area contributed by atoms with Crippen LogP contribution in [0.4, 0.5) is 0 Å². The molecule has 0 spiro atoms. The number of furan rings is 1. The van der Waals surface area contributed by atoms with Crippen LogP contribution in [0.5, 0.6) is 0 Å². The summed E-state index contributed by atoms with van der Waals surface area (Å²) in [6.07, 6.45) is 2.13. The Bertz CT molecular complexity index is 273. The Morgan fingerprint density at radius 1 is 1.43 bits per heavy atom. The molecule has 3 N–H and O–H groups in total. The Kier molecular flexibility index (Phi) is 4.65. The van der Waals surface area contributed by atoms with Crippen molar-refractivity contribution in [2.45, 2.75) is 32.7 Å². The summed E-state index contributed by atoms with van der Waals surface area (Å²) in [7, 11) is 0. The molecule has 0 aliphatic heterocycles. The molecule has 14 heavy (non-hydrogen) atoms. The van der Waals surface area contributed by atoms with Crippen molar-refractivity contribution in [1.29, 1.82) is 0 Å². The molecule has 4 heteroatoms. The second-order valence-electron chi connectivity index (χ2n) is 3.83. The third-order valence-electron chi connectivity index (χ3n) is 2.17. The SMILES string of the molecule is CC(C)CCC(NN)c1ccc(Br)o1. The van der Waals surface area contributed by atoms with Gasteiger partial charge in [-0.25, -0.2) is 5.43 Å². The molecule has 0 aromatic carbocycles. The molecule has 0 bridgehead atoms. The zero-order valence-corrected chi connectivity index (χ0v) is 10.2. The third kappa shape index (κ3) is 3.44. The fourth-order valence-electron chi connectivity index (χ4n) is 1.32. The number of rotatable bonds is 5. The van der Waals surface area contributed by atoms with Crippen LogP contribution >= 0.6 is 15.9 Å². The molecule has 1 atom stereocenters. The van der Waals surface area contributed by atoms with Gasteiger partial charge in [-0.1, -0.05) is 13.8 Å². The fraction of sp³-hybridized carbons (Fsp3) is 0.600. The number of nitrogens with two attached hydrogens (primary N) is 1. The van der Waals surface area contributed by atoms with Crippen LogP contribution in [0.15, 0.2) is 21.2 Å². The summed E-state index contributed by atoms with van der Waals surface area (Å²) in [5, 5.41) is 0. The average Bonchev–Trinajstić information content (AvgIpc) is 2.53. The van der Waals surface area contributed by atoms with Gasteiger partial charge < -0.3 is 4.42 Å². The van der Waals surface area contributed by atoms with E-state index in [0.717, 1.165) is 23.3 Å². The highest BCUT2D eigenvalue weighted by Gasteiger charge is 2.13. The highest BCUT2D eigenvalue weighted by atomic mass is 79.9. The van der Waals surface area contributed by atoms with Gasteiger partial charge in [-0.2, -0.15) is 0 Å². The van der Waals surface area contributed by atoms with E-state index in [1.165, 1.54) is 0 Å². The van der Waals surface area contributed by atoms with Crippen molar-refractivity contribution < 1.29 is 4.42 Å². The molecule has 1 aromatic rings. The topological polar surface area (TPSA) is 51.2 Å². The van der Waals surface area contributed by atoms with E-state index in [9.17, 15) is 0 Å². The van der Waals surface area contributed by atoms with E-state index in [-0.39, 0.29) is 6.04 Å². The molecule has 0 aliphatic carbocycles. The van der Waals surface area contributed by atoms with Gasteiger partial charge in [0, 0.05) is 0 Å². The van der Waals surface area contributed by atoms with Gasteiger partial charge in [-0.15, -0.1) is 0 Å². The standard InChI is InChI=1S/C10H17BrN2O/c1-7(2)3-4-8(13-12)9-5-6-10(11)14-9/h5-8,13H,3-4,12H2,1-2H3. The third-order valence-corrected chi connectivity index (χ3v) is 2.60. The van der Waals surface area contributed by atoms with Crippen LogP contribution in [-0.4, -0.2) is 0 Å². The maximum Gasteiger partial charge on any atom is 0.169 e. The minimum absolute atomic E-state index is 0.115. The van der Waals surface area contributed by atoms with Gasteiger partial charge in [0.25, 0.3) is 0 Å². The molecule has 1 rings (SSSR count). The van der Waals surface area contributed by atoms with E-state index < -0.39 is 0 Å². The van der Waals surface area contributed by atoms with Crippen molar-refractivity contribution in [1.82, 2.24) is 5.43 Å². The zero-order valence-electron chi connectivity index (χ0n) is 8.59. The molecular formula is C10H17BrN2O. The van der Waals surface area contributed by atoms with Crippen molar-refractivity contribution in [2.75, 3.05) is 0 Å².